The summed E-state index contributed by atoms with van der Waals surface area (Å²) < 4.78 is 1.42. The molecule has 2 N–H and O–H groups in total. The highest BCUT2D eigenvalue weighted by Gasteiger charge is 2.07. The quantitative estimate of drug-likeness (QED) is 0.840. The lowest BCUT2D eigenvalue weighted by Gasteiger charge is -2.04. The fourth-order valence-electron chi connectivity index (χ4n) is 1.23. The lowest BCUT2D eigenvalue weighted by Crippen LogP contribution is -2.12. The minimum absolute atomic E-state index is 0.249. The van der Waals surface area contributed by atoms with Crippen LogP contribution in [0.4, 0.5) is 0 Å². The monoisotopic (exact) mass is 252 g/mol. The van der Waals surface area contributed by atoms with Crippen LogP contribution in [0, 0.1) is 0 Å². The van der Waals surface area contributed by atoms with Crippen LogP contribution in [0.25, 0.3) is 0 Å². The zero-order chi connectivity index (χ0) is 12.4. The molecule has 0 radical (unpaired) electrons. The SMILES string of the molecule is C[C@@H](O)c1ccc(Sc2n[nH]c(=O)n2C)cn1. The van der Waals surface area contributed by atoms with Crippen LogP contribution in [0.1, 0.15) is 18.7 Å². The Labute approximate surface area is 102 Å². The fraction of sp³-hybridized carbons (Fsp3) is 0.300. The van der Waals surface area contributed by atoms with Gasteiger partial charge in [-0.25, -0.2) is 9.89 Å². The van der Waals surface area contributed by atoms with E-state index < -0.39 is 6.10 Å². The Bertz CT molecular complexity index is 558. The third-order valence-corrected chi connectivity index (χ3v) is 3.26. The molecule has 0 amide bonds. The van der Waals surface area contributed by atoms with Gasteiger partial charge in [-0.05, 0) is 30.8 Å². The lowest BCUT2D eigenvalue weighted by atomic mass is 10.2. The second-order valence-electron chi connectivity index (χ2n) is 3.57. The molecule has 0 saturated carbocycles. The Morgan fingerprint density at radius 3 is 2.76 bits per heavy atom. The van der Waals surface area contributed by atoms with Gasteiger partial charge in [0.15, 0.2) is 5.16 Å². The summed E-state index contributed by atoms with van der Waals surface area (Å²) in [6.45, 7) is 1.66. The highest BCUT2D eigenvalue weighted by atomic mass is 32.2. The maximum atomic E-state index is 11.2. The van der Waals surface area contributed by atoms with Crippen LogP contribution in [0.2, 0.25) is 0 Å². The zero-order valence-corrected chi connectivity index (χ0v) is 10.2. The molecule has 0 aliphatic heterocycles. The van der Waals surface area contributed by atoms with Crippen LogP contribution in [0.3, 0.4) is 0 Å². The molecule has 2 rings (SSSR count). The van der Waals surface area contributed by atoms with Crippen molar-refractivity contribution in [3.63, 3.8) is 0 Å². The summed E-state index contributed by atoms with van der Waals surface area (Å²) in [5.41, 5.74) is 0.367. The number of H-pyrrole nitrogens is 1. The van der Waals surface area contributed by atoms with Gasteiger partial charge in [-0.3, -0.25) is 9.55 Å². The van der Waals surface area contributed by atoms with Gasteiger partial charge >= 0.3 is 5.69 Å². The summed E-state index contributed by atoms with van der Waals surface area (Å²) >= 11 is 1.33. The van der Waals surface area contributed by atoms with Crippen LogP contribution in [-0.4, -0.2) is 24.9 Å². The van der Waals surface area contributed by atoms with E-state index in [2.05, 4.69) is 15.2 Å². The van der Waals surface area contributed by atoms with E-state index in [1.165, 1.54) is 16.3 Å². The molecule has 0 aliphatic rings. The minimum Gasteiger partial charge on any atom is -0.387 e. The Morgan fingerprint density at radius 2 is 2.29 bits per heavy atom. The molecular formula is C10H12N4O2S. The molecule has 6 nitrogen and oxygen atoms in total. The second-order valence-corrected chi connectivity index (χ2v) is 4.61. The fourth-order valence-corrected chi connectivity index (χ4v) is 1.99. The predicted octanol–water partition coefficient (Wildman–Crippen LogP) is 0.708. The molecule has 2 heterocycles. The van der Waals surface area contributed by atoms with Crippen LogP contribution in [-0.2, 0) is 7.05 Å². The maximum Gasteiger partial charge on any atom is 0.343 e. The highest BCUT2D eigenvalue weighted by Crippen LogP contribution is 2.24. The van der Waals surface area contributed by atoms with Gasteiger partial charge in [0.25, 0.3) is 0 Å². The third kappa shape index (κ3) is 2.56. The average molecular weight is 252 g/mol. The van der Waals surface area contributed by atoms with Gasteiger partial charge in [0.1, 0.15) is 0 Å². The summed E-state index contributed by atoms with van der Waals surface area (Å²) in [5.74, 6) is 0. The molecule has 0 aromatic carbocycles. The molecule has 0 aliphatic carbocycles. The largest absolute Gasteiger partial charge is 0.387 e. The summed E-state index contributed by atoms with van der Waals surface area (Å²) in [6.07, 6.45) is 1.06. The van der Waals surface area contributed by atoms with Gasteiger partial charge in [0.05, 0.1) is 11.8 Å². The number of nitrogens with zero attached hydrogens (tertiary/aromatic N) is 3. The van der Waals surface area contributed by atoms with Gasteiger partial charge in [-0.2, -0.15) is 0 Å². The number of pyridine rings is 1. The smallest absolute Gasteiger partial charge is 0.343 e. The molecule has 0 bridgehead atoms. The molecule has 90 valence electrons. The first-order valence-corrected chi connectivity index (χ1v) is 5.83. The van der Waals surface area contributed by atoms with Crippen molar-refractivity contribution in [2.75, 3.05) is 0 Å². The van der Waals surface area contributed by atoms with Crippen molar-refractivity contribution in [2.45, 2.75) is 23.1 Å². The topological polar surface area (TPSA) is 83.8 Å². The third-order valence-electron chi connectivity index (χ3n) is 2.24. The van der Waals surface area contributed by atoms with E-state index in [1.807, 2.05) is 6.07 Å². The van der Waals surface area contributed by atoms with E-state index in [0.717, 1.165) is 4.90 Å². The minimum atomic E-state index is -0.580. The van der Waals surface area contributed by atoms with Crippen LogP contribution in [0.15, 0.2) is 33.2 Å². The van der Waals surface area contributed by atoms with Gasteiger partial charge in [0.2, 0.25) is 0 Å². The van der Waals surface area contributed by atoms with Crippen LogP contribution < -0.4 is 5.69 Å². The molecule has 1 atom stereocenters. The Kier molecular flexibility index (Phi) is 3.30. The van der Waals surface area contributed by atoms with Crippen LogP contribution in [0.5, 0.6) is 0 Å². The van der Waals surface area contributed by atoms with E-state index in [-0.39, 0.29) is 5.69 Å². The summed E-state index contributed by atoms with van der Waals surface area (Å²) in [7, 11) is 1.64. The van der Waals surface area contributed by atoms with Crippen molar-refractivity contribution < 1.29 is 5.11 Å². The van der Waals surface area contributed by atoms with Crippen LogP contribution >= 0.6 is 11.8 Å². The molecule has 0 saturated heterocycles. The molecular weight excluding hydrogens is 240 g/mol. The van der Waals surface area contributed by atoms with Crippen molar-refractivity contribution in [1.82, 2.24) is 19.7 Å². The molecule has 0 unspecified atom stereocenters. The predicted molar refractivity (Wildman–Crippen MR) is 62.8 cm³/mol. The molecule has 0 fully saturated rings. The summed E-state index contributed by atoms with van der Waals surface area (Å²) in [4.78, 5) is 16.1. The molecule has 2 aromatic heterocycles. The molecule has 0 spiro atoms. The first kappa shape index (κ1) is 11.9. The summed E-state index contributed by atoms with van der Waals surface area (Å²) in [6, 6.07) is 3.58. The van der Waals surface area contributed by atoms with Gasteiger partial charge in [-0.1, -0.05) is 0 Å². The van der Waals surface area contributed by atoms with Gasteiger partial charge in [-0.15, -0.1) is 5.10 Å². The number of aliphatic hydroxyl groups excluding tert-OH is 1. The van der Waals surface area contributed by atoms with E-state index >= 15 is 0 Å². The van der Waals surface area contributed by atoms with E-state index in [0.29, 0.717) is 10.9 Å². The van der Waals surface area contributed by atoms with Crippen molar-refractivity contribution in [3.05, 3.63) is 34.5 Å². The van der Waals surface area contributed by atoms with E-state index in [4.69, 9.17) is 0 Å². The van der Waals surface area contributed by atoms with Crippen molar-refractivity contribution in [1.29, 1.82) is 0 Å². The lowest BCUT2D eigenvalue weighted by molar-refractivity contribution is 0.194. The number of hydrogen-bond donors (Lipinski definition) is 2. The highest BCUT2D eigenvalue weighted by molar-refractivity contribution is 7.99. The number of hydrogen-bond acceptors (Lipinski definition) is 5. The van der Waals surface area contributed by atoms with Crippen molar-refractivity contribution in [2.24, 2.45) is 7.05 Å². The molecule has 2 aromatic rings. The van der Waals surface area contributed by atoms with E-state index in [9.17, 15) is 9.90 Å². The Morgan fingerprint density at radius 1 is 1.53 bits per heavy atom. The maximum absolute atomic E-state index is 11.2. The number of aromatic nitrogens is 4. The number of aliphatic hydroxyl groups is 1. The van der Waals surface area contributed by atoms with Crippen molar-refractivity contribution >= 4 is 11.8 Å². The molecule has 7 heteroatoms. The Hall–Kier alpha value is -1.60. The normalized spacial score (nSPS) is 12.6. The first-order valence-electron chi connectivity index (χ1n) is 5.01. The van der Waals surface area contributed by atoms with Gasteiger partial charge < -0.3 is 5.11 Å². The standard InChI is InChI=1S/C10H12N4O2S/c1-6(15)8-4-3-7(5-11-8)17-10-13-12-9(16)14(10)2/h3-6,15H,1-2H3,(H,12,16)/t6-/m1/s1. The number of aromatic amines is 1. The van der Waals surface area contributed by atoms with Gasteiger partial charge in [0, 0.05) is 18.1 Å². The number of nitrogens with one attached hydrogen (secondary N) is 1. The summed E-state index contributed by atoms with van der Waals surface area (Å²) in [5, 5.41) is 16.1. The molecule has 17 heavy (non-hydrogen) atoms. The zero-order valence-electron chi connectivity index (χ0n) is 9.41. The first-order chi connectivity index (χ1) is 8.08. The van der Waals surface area contributed by atoms with Crippen molar-refractivity contribution in [3.8, 4) is 0 Å². The Balaban J connectivity index is 2.19. The van der Waals surface area contributed by atoms with E-state index in [1.54, 1.807) is 26.2 Å². The average Bonchev–Trinajstić information content (AvgIpc) is 2.62. The second kappa shape index (κ2) is 4.72. The number of rotatable bonds is 3.